The van der Waals surface area contributed by atoms with Crippen molar-refractivity contribution in [2.75, 3.05) is 4.90 Å². The van der Waals surface area contributed by atoms with Gasteiger partial charge in [0.25, 0.3) is 0 Å². The number of anilines is 3. The third-order valence-electron chi connectivity index (χ3n) is 13.0. The van der Waals surface area contributed by atoms with Crippen molar-refractivity contribution in [2.24, 2.45) is 0 Å². The van der Waals surface area contributed by atoms with Gasteiger partial charge in [-0.2, -0.15) is 15.8 Å². The van der Waals surface area contributed by atoms with Gasteiger partial charge < -0.3 is 4.90 Å². The highest BCUT2D eigenvalue weighted by Gasteiger charge is 2.37. The number of fused-ring (bicyclic) bond motifs is 5. The number of hydrogen-bond acceptors (Lipinski definition) is 4. The van der Waals surface area contributed by atoms with E-state index >= 15 is 0 Å². The van der Waals surface area contributed by atoms with Crippen molar-refractivity contribution >= 4 is 17.1 Å². The normalized spacial score (nSPS) is 14.8. The molecule has 2 aliphatic carbocycles. The zero-order valence-corrected chi connectivity index (χ0v) is 36.2. The van der Waals surface area contributed by atoms with E-state index < -0.39 is 0 Å². The highest BCUT2D eigenvalue weighted by Crippen LogP contribution is 2.53. The molecule has 0 radical (unpaired) electrons. The van der Waals surface area contributed by atoms with Gasteiger partial charge in [-0.3, -0.25) is 0 Å². The van der Waals surface area contributed by atoms with Crippen molar-refractivity contribution in [1.29, 1.82) is 15.8 Å². The Morgan fingerprint density at radius 3 is 1.76 bits per heavy atom. The molecule has 4 nitrogen and oxygen atoms in total. The Bertz CT molecular complexity index is 3160. The first-order valence-corrected chi connectivity index (χ1v) is 21.7. The maximum absolute atomic E-state index is 10.6. The Labute approximate surface area is 371 Å². The predicted octanol–water partition coefficient (Wildman–Crippen LogP) is 15.1. The molecule has 2 unspecified atom stereocenters. The fourth-order valence-electron chi connectivity index (χ4n) is 10.00. The minimum absolute atomic E-state index is 0.0605. The summed E-state index contributed by atoms with van der Waals surface area (Å²) in [6.45, 7) is 10.8. The van der Waals surface area contributed by atoms with E-state index in [2.05, 4.69) is 171 Å². The molecule has 0 aromatic heterocycles. The molecule has 0 N–H and O–H groups in total. The van der Waals surface area contributed by atoms with Crippen LogP contribution in [0.4, 0.5) is 17.1 Å². The summed E-state index contributed by atoms with van der Waals surface area (Å²) < 4.78 is 0. The summed E-state index contributed by atoms with van der Waals surface area (Å²) in [6, 6.07) is 68.4. The number of benzene rings is 8. The molecule has 0 spiro atoms. The van der Waals surface area contributed by atoms with Crippen molar-refractivity contribution < 1.29 is 0 Å². The fraction of sp³-hybridized carbons (Fsp3) is 0.136. The second kappa shape index (κ2) is 16.5. The smallest absolute Gasteiger partial charge is 0.0994 e. The van der Waals surface area contributed by atoms with Crippen LogP contribution in [-0.2, 0) is 5.41 Å². The minimum atomic E-state index is -0.332. The third kappa shape index (κ3) is 6.86. The average molecular weight is 811 g/mol. The first kappa shape index (κ1) is 40.4. The van der Waals surface area contributed by atoms with Crippen LogP contribution in [0.3, 0.4) is 0 Å². The maximum atomic E-state index is 10.6. The number of rotatable bonds is 6. The molecule has 0 bridgehead atoms. The zero-order chi connectivity index (χ0) is 43.8. The van der Waals surface area contributed by atoms with Gasteiger partial charge in [0.1, 0.15) is 0 Å². The average Bonchev–Trinajstić information content (AvgIpc) is 3.57. The van der Waals surface area contributed by atoms with Crippen LogP contribution in [-0.4, -0.2) is 0 Å². The second-order valence-corrected chi connectivity index (χ2v) is 16.6. The van der Waals surface area contributed by atoms with E-state index in [4.69, 9.17) is 0 Å². The molecule has 0 amide bonds. The van der Waals surface area contributed by atoms with Crippen molar-refractivity contribution in [2.45, 2.75) is 51.9 Å². The molecule has 10 rings (SSSR count). The standard InChI is InChI=1S/C57H40N4.C2H6/c1-36-47-27-16-38(34-59)31-51(47)55(42-13-9-10-37(30-42)33-58)56-43(35-60)21-28-48(54(36)56)41-19-24-45(25-20-41)61(44-22-17-40(18-23-44)39-11-5-4-6-12-39)46-26-29-50-49-14-7-8-15-52(49)57(2,3)53(50)32-46;1-2/h4-32,36,55H,1-3H3;1-2H3. The van der Waals surface area contributed by atoms with E-state index in [1.54, 1.807) is 6.07 Å². The molecule has 8 aromatic carbocycles. The van der Waals surface area contributed by atoms with E-state index in [-0.39, 0.29) is 17.3 Å². The Morgan fingerprint density at radius 2 is 1.06 bits per heavy atom. The van der Waals surface area contributed by atoms with Gasteiger partial charge in [0, 0.05) is 34.3 Å². The lowest BCUT2D eigenvalue weighted by Crippen LogP contribution is -2.20. The van der Waals surface area contributed by atoms with Gasteiger partial charge in [0.15, 0.2) is 0 Å². The van der Waals surface area contributed by atoms with Crippen molar-refractivity contribution in [1.82, 2.24) is 0 Å². The molecule has 0 fully saturated rings. The molecule has 0 saturated carbocycles. The Balaban J connectivity index is 0.00000249. The summed E-state index contributed by atoms with van der Waals surface area (Å²) in [6.07, 6.45) is 0. The number of nitriles is 3. The van der Waals surface area contributed by atoms with Crippen LogP contribution in [0, 0.1) is 34.0 Å². The molecule has 0 aliphatic heterocycles. The lowest BCUT2D eigenvalue weighted by Gasteiger charge is -2.35. The molecular formula is C59H46N4. The molecule has 2 atom stereocenters. The van der Waals surface area contributed by atoms with Gasteiger partial charge in [-0.15, -0.1) is 0 Å². The van der Waals surface area contributed by atoms with Crippen molar-refractivity contribution in [3.05, 3.63) is 232 Å². The summed E-state index contributed by atoms with van der Waals surface area (Å²) >= 11 is 0. The van der Waals surface area contributed by atoms with Crippen LogP contribution in [0.5, 0.6) is 0 Å². The summed E-state index contributed by atoms with van der Waals surface area (Å²) in [5, 5.41) is 30.5. The second-order valence-electron chi connectivity index (χ2n) is 16.6. The van der Waals surface area contributed by atoms with Crippen molar-refractivity contribution in [3.63, 3.8) is 0 Å². The van der Waals surface area contributed by atoms with Crippen LogP contribution in [0.25, 0.3) is 33.4 Å². The number of nitrogens with zero attached hydrogens (tertiary/aromatic N) is 4. The van der Waals surface area contributed by atoms with Gasteiger partial charge in [-0.05, 0) is 139 Å². The molecule has 302 valence electrons. The van der Waals surface area contributed by atoms with E-state index in [0.29, 0.717) is 16.7 Å². The Hall–Kier alpha value is -7.97. The molecule has 2 aliphatic rings. The molecule has 63 heavy (non-hydrogen) atoms. The lowest BCUT2D eigenvalue weighted by atomic mass is 9.67. The van der Waals surface area contributed by atoms with Gasteiger partial charge >= 0.3 is 0 Å². The van der Waals surface area contributed by atoms with Crippen LogP contribution < -0.4 is 4.90 Å². The monoisotopic (exact) mass is 810 g/mol. The van der Waals surface area contributed by atoms with Gasteiger partial charge in [-0.25, -0.2) is 0 Å². The Kier molecular flexibility index (Phi) is 10.6. The zero-order valence-electron chi connectivity index (χ0n) is 36.2. The van der Waals surface area contributed by atoms with Crippen molar-refractivity contribution in [3.8, 4) is 51.6 Å². The summed E-state index contributed by atoms with van der Waals surface area (Å²) in [4.78, 5) is 2.34. The summed E-state index contributed by atoms with van der Waals surface area (Å²) in [7, 11) is 0. The first-order chi connectivity index (χ1) is 30.8. The largest absolute Gasteiger partial charge is 0.310 e. The lowest BCUT2D eigenvalue weighted by molar-refractivity contribution is 0.660. The number of hydrogen-bond donors (Lipinski definition) is 0. The quantitative estimate of drug-likeness (QED) is 0.168. The highest BCUT2D eigenvalue weighted by molar-refractivity contribution is 5.87. The molecule has 4 heteroatoms. The molecular weight excluding hydrogens is 765 g/mol. The minimum Gasteiger partial charge on any atom is -0.310 e. The van der Waals surface area contributed by atoms with E-state index in [1.807, 2.05) is 56.3 Å². The molecule has 0 heterocycles. The summed E-state index contributed by atoms with van der Waals surface area (Å²) in [5.74, 6) is -0.393. The van der Waals surface area contributed by atoms with Crippen LogP contribution in [0.1, 0.15) is 102 Å². The fourth-order valence-corrected chi connectivity index (χ4v) is 10.00. The maximum Gasteiger partial charge on any atom is 0.0994 e. The Morgan fingerprint density at radius 1 is 0.460 bits per heavy atom. The van der Waals surface area contributed by atoms with E-state index in [1.165, 1.54) is 27.8 Å². The van der Waals surface area contributed by atoms with Crippen LogP contribution in [0.15, 0.2) is 176 Å². The predicted molar refractivity (Wildman–Crippen MR) is 256 cm³/mol. The third-order valence-corrected chi connectivity index (χ3v) is 13.0. The van der Waals surface area contributed by atoms with Gasteiger partial charge in [0.2, 0.25) is 0 Å². The van der Waals surface area contributed by atoms with Gasteiger partial charge in [-0.1, -0.05) is 144 Å². The molecule has 8 aromatic rings. The van der Waals surface area contributed by atoms with Crippen LogP contribution >= 0.6 is 0 Å². The first-order valence-electron chi connectivity index (χ1n) is 21.7. The van der Waals surface area contributed by atoms with Gasteiger partial charge in [0.05, 0.1) is 34.9 Å². The van der Waals surface area contributed by atoms with E-state index in [0.717, 1.165) is 61.6 Å². The molecule has 0 saturated heterocycles. The highest BCUT2D eigenvalue weighted by atomic mass is 15.1. The topological polar surface area (TPSA) is 74.6 Å². The SMILES string of the molecule is CC.CC1c2ccc(C#N)cc2C(c2cccc(C#N)c2)c2c(C#N)ccc(-c3ccc(N(c4ccc(-c5ccccc5)cc4)c4ccc5c(c4)C(C)(C)c4ccccc4-5)cc3)c21. The van der Waals surface area contributed by atoms with Crippen LogP contribution in [0.2, 0.25) is 0 Å². The van der Waals surface area contributed by atoms with E-state index in [9.17, 15) is 15.8 Å². The summed E-state index contributed by atoms with van der Waals surface area (Å²) in [5.41, 5.74) is 19.4.